The van der Waals surface area contributed by atoms with E-state index >= 15 is 0 Å². The average molecular weight is 229 g/mol. The second kappa shape index (κ2) is 5.53. The molecule has 1 aromatic carbocycles. The maximum atomic E-state index is 4.31. The standard InChI is InChI=1S/C14H19N3/c1-3-16(14-7-5-4-6-8-14)9-10-17-12-13(2)11-15-17/h4-8,11-12H,3,9-10H2,1-2H3. The second-order valence-electron chi connectivity index (χ2n) is 4.20. The van der Waals surface area contributed by atoms with Crippen molar-refractivity contribution in [1.82, 2.24) is 9.78 Å². The molecule has 3 nitrogen and oxygen atoms in total. The lowest BCUT2D eigenvalue weighted by Gasteiger charge is -2.22. The molecular weight excluding hydrogens is 210 g/mol. The van der Waals surface area contributed by atoms with Gasteiger partial charge in [0.2, 0.25) is 0 Å². The summed E-state index contributed by atoms with van der Waals surface area (Å²) in [6, 6.07) is 10.5. The Bertz CT molecular complexity index is 448. The van der Waals surface area contributed by atoms with E-state index in [0.29, 0.717) is 0 Å². The van der Waals surface area contributed by atoms with Gasteiger partial charge in [-0.25, -0.2) is 0 Å². The summed E-state index contributed by atoms with van der Waals surface area (Å²) in [5, 5.41) is 4.31. The quantitative estimate of drug-likeness (QED) is 0.786. The Morgan fingerprint density at radius 3 is 2.59 bits per heavy atom. The van der Waals surface area contributed by atoms with Crippen molar-refractivity contribution in [3.05, 3.63) is 48.3 Å². The Balaban J connectivity index is 1.97. The van der Waals surface area contributed by atoms with Gasteiger partial charge >= 0.3 is 0 Å². The summed E-state index contributed by atoms with van der Waals surface area (Å²) in [7, 11) is 0. The van der Waals surface area contributed by atoms with Crippen LogP contribution < -0.4 is 4.90 Å². The minimum atomic E-state index is 0.927. The van der Waals surface area contributed by atoms with E-state index in [-0.39, 0.29) is 0 Å². The van der Waals surface area contributed by atoms with Gasteiger partial charge in [0.25, 0.3) is 0 Å². The van der Waals surface area contributed by atoms with E-state index in [9.17, 15) is 0 Å². The van der Waals surface area contributed by atoms with E-state index in [1.165, 1.54) is 11.3 Å². The maximum absolute atomic E-state index is 4.31. The number of anilines is 1. The fourth-order valence-corrected chi connectivity index (χ4v) is 1.92. The SMILES string of the molecule is CCN(CCn1cc(C)cn1)c1ccccc1. The molecule has 0 bridgehead atoms. The molecule has 0 unspecified atom stereocenters. The summed E-state index contributed by atoms with van der Waals surface area (Å²) in [5.74, 6) is 0. The molecule has 0 atom stereocenters. The molecule has 3 heteroatoms. The van der Waals surface area contributed by atoms with Crippen molar-refractivity contribution in [3.8, 4) is 0 Å². The van der Waals surface area contributed by atoms with Crippen LogP contribution in [0.3, 0.4) is 0 Å². The molecule has 0 aliphatic rings. The number of likely N-dealkylation sites (N-methyl/N-ethyl adjacent to an activating group) is 1. The topological polar surface area (TPSA) is 21.1 Å². The van der Waals surface area contributed by atoms with Gasteiger partial charge < -0.3 is 4.90 Å². The molecule has 0 aliphatic carbocycles. The average Bonchev–Trinajstić information content (AvgIpc) is 2.77. The van der Waals surface area contributed by atoms with Gasteiger partial charge in [0.1, 0.15) is 0 Å². The Morgan fingerprint density at radius 2 is 2.00 bits per heavy atom. The zero-order chi connectivity index (χ0) is 12.1. The summed E-state index contributed by atoms with van der Waals surface area (Å²) in [6.07, 6.45) is 3.98. The lowest BCUT2D eigenvalue weighted by atomic mass is 10.3. The van der Waals surface area contributed by atoms with Crippen molar-refractivity contribution < 1.29 is 0 Å². The highest BCUT2D eigenvalue weighted by molar-refractivity contribution is 5.45. The maximum Gasteiger partial charge on any atom is 0.0584 e. The van der Waals surface area contributed by atoms with Gasteiger partial charge in [-0.05, 0) is 31.5 Å². The van der Waals surface area contributed by atoms with E-state index in [1.54, 1.807) is 0 Å². The Kier molecular flexibility index (Phi) is 3.81. The normalized spacial score (nSPS) is 10.5. The third-order valence-corrected chi connectivity index (χ3v) is 2.86. The summed E-state index contributed by atoms with van der Waals surface area (Å²) in [5.41, 5.74) is 2.49. The zero-order valence-corrected chi connectivity index (χ0v) is 10.5. The predicted molar refractivity (Wildman–Crippen MR) is 71.3 cm³/mol. The molecule has 2 aromatic rings. The van der Waals surface area contributed by atoms with Crippen LogP contribution in [0.15, 0.2) is 42.7 Å². The monoisotopic (exact) mass is 229 g/mol. The summed E-state index contributed by atoms with van der Waals surface area (Å²) in [6.45, 7) is 7.18. The molecule has 0 N–H and O–H groups in total. The predicted octanol–water partition coefficient (Wildman–Crippen LogP) is 2.72. The molecule has 0 spiro atoms. The highest BCUT2D eigenvalue weighted by Gasteiger charge is 2.03. The number of rotatable bonds is 5. The summed E-state index contributed by atoms with van der Waals surface area (Å²) in [4.78, 5) is 2.36. The molecule has 0 saturated carbocycles. The van der Waals surface area contributed by atoms with Gasteiger partial charge in [-0.15, -0.1) is 0 Å². The first-order chi connectivity index (χ1) is 8.29. The van der Waals surface area contributed by atoms with Crippen LogP contribution in [0.4, 0.5) is 5.69 Å². The number of hydrogen-bond acceptors (Lipinski definition) is 2. The minimum absolute atomic E-state index is 0.927. The molecule has 2 rings (SSSR count). The lowest BCUT2D eigenvalue weighted by molar-refractivity contribution is 0.600. The van der Waals surface area contributed by atoms with Crippen molar-refractivity contribution >= 4 is 5.69 Å². The molecule has 0 radical (unpaired) electrons. The molecule has 0 aliphatic heterocycles. The van der Waals surface area contributed by atoms with E-state index in [2.05, 4.69) is 54.3 Å². The number of aryl methyl sites for hydroxylation is 1. The van der Waals surface area contributed by atoms with Crippen LogP contribution in [0.5, 0.6) is 0 Å². The second-order valence-corrected chi connectivity index (χ2v) is 4.20. The molecule has 17 heavy (non-hydrogen) atoms. The van der Waals surface area contributed by atoms with Gasteiger partial charge in [0, 0.05) is 25.0 Å². The Hall–Kier alpha value is -1.77. The molecule has 0 saturated heterocycles. The van der Waals surface area contributed by atoms with E-state index < -0.39 is 0 Å². The van der Waals surface area contributed by atoms with E-state index in [4.69, 9.17) is 0 Å². The first kappa shape index (κ1) is 11.7. The van der Waals surface area contributed by atoms with E-state index in [0.717, 1.165) is 19.6 Å². The van der Waals surface area contributed by atoms with Crippen LogP contribution in [0.25, 0.3) is 0 Å². The van der Waals surface area contributed by atoms with Gasteiger partial charge in [0.15, 0.2) is 0 Å². The Labute approximate surface area is 103 Å². The van der Waals surface area contributed by atoms with Crippen LogP contribution >= 0.6 is 0 Å². The highest BCUT2D eigenvalue weighted by Crippen LogP contribution is 2.12. The van der Waals surface area contributed by atoms with Crippen molar-refractivity contribution in [2.24, 2.45) is 0 Å². The smallest absolute Gasteiger partial charge is 0.0584 e. The van der Waals surface area contributed by atoms with Crippen molar-refractivity contribution in [1.29, 1.82) is 0 Å². The molecule has 0 fully saturated rings. The molecule has 1 aromatic heterocycles. The largest absolute Gasteiger partial charge is 0.370 e. The van der Waals surface area contributed by atoms with Crippen molar-refractivity contribution in [2.45, 2.75) is 20.4 Å². The fourth-order valence-electron chi connectivity index (χ4n) is 1.92. The van der Waals surface area contributed by atoms with Crippen LogP contribution in [0, 0.1) is 6.92 Å². The van der Waals surface area contributed by atoms with Crippen LogP contribution in [0.1, 0.15) is 12.5 Å². The van der Waals surface area contributed by atoms with Crippen LogP contribution in [-0.4, -0.2) is 22.9 Å². The lowest BCUT2D eigenvalue weighted by Crippen LogP contribution is -2.27. The third-order valence-electron chi connectivity index (χ3n) is 2.86. The highest BCUT2D eigenvalue weighted by atomic mass is 15.3. The van der Waals surface area contributed by atoms with Gasteiger partial charge in [0.05, 0.1) is 12.7 Å². The first-order valence-electron chi connectivity index (χ1n) is 6.08. The number of aromatic nitrogens is 2. The van der Waals surface area contributed by atoms with Gasteiger partial charge in [-0.1, -0.05) is 18.2 Å². The third kappa shape index (κ3) is 3.09. The molecule has 0 amide bonds. The van der Waals surface area contributed by atoms with Crippen LogP contribution in [-0.2, 0) is 6.54 Å². The number of benzene rings is 1. The van der Waals surface area contributed by atoms with Crippen LogP contribution in [0.2, 0.25) is 0 Å². The molecular formula is C14H19N3. The summed E-state index contributed by atoms with van der Waals surface area (Å²) >= 11 is 0. The summed E-state index contributed by atoms with van der Waals surface area (Å²) < 4.78 is 2.00. The van der Waals surface area contributed by atoms with E-state index in [1.807, 2.05) is 16.9 Å². The zero-order valence-electron chi connectivity index (χ0n) is 10.5. The fraction of sp³-hybridized carbons (Fsp3) is 0.357. The number of hydrogen-bond donors (Lipinski definition) is 0. The minimum Gasteiger partial charge on any atom is -0.370 e. The van der Waals surface area contributed by atoms with Crippen molar-refractivity contribution in [2.75, 3.05) is 18.0 Å². The first-order valence-corrected chi connectivity index (χ1v) is 6.08. The molecule has 1 heterocycles. The van der Waals surface area contributed by atoms with Gasteiger partial charge in [-0.3, -0.25) is 4.68 Å². The number of para-hydroxylation sites is 1. The number of nitrogens with zero attached hydrogens (tertiary/aromatic N) is 3. The van der Waals surface area contributed by atoms with Crippen molar-refractivity contribution in [3.63, 3.8) is 0 Å². The molecule has 90 valence electrons. The Morgan fingerprint density at radius 1 is 1.24 bits per heavy atom. The van der Waals surface area contributed by atoms with Gasteiger partial charge in [-0.2, -0.15) is 5.10 Å².